The number of hydrogen-bond donors (Lipinski definition) is 2. The van der Waals surface area contributed by atoms with E-state index in [-0.39, 0.29) is 5.91 Å². The Kier molecular flexibility index (Phi) is 5.99. The fourth-order valence-corrected chi connectivity index (χ4v) is 2.59. The molecule has 1 heterocycles. The summed E-state index contributed by atoms with van der Waals surface area (Å²) in [6.45, 7) is 2.50. The number of aromatic nitrogens is 1. The molecule has 1 aromatic rings. The summed E-state index contributed by atoms with van der Waals surface area (Å²) in [5.74, 6) is 0.586. The zero-order chi connectivity index (χ0) is 15.1. The van der Waals surface area contributed by atoms with Crippen molar-refractivity contribution in [1.82, 2.24) is 15.6 Å². The summed E-state index contributed by atoms with van der Waals surface area (Å²) >= 11 is 0. The number of carbonyl (C=O) groups is 1. The molecule has 1 aliphatic rings. The minimum Gasteiger partial charge on any atom is -0.479 e. The quantitative estimate of drug-likeness (QED) is 0.841. The van der Waals surface area contributed by atoms with E-state index in [0.717, 1.165) is 25.1 Å². The molecule has 1 atom stereocenters. The Morgan fingerprint density at radius 1 is 1.38 bits per heavy atom. The van der Waals surface area contributed by atoms with Gasteiger partial charge in [-0.2, -0.15) is 0 Å². The van der Waals surface area contributed by atoms with Gasteiger partial charge in [-0.3, -0.25) is 9.78 Å². The highest BCUT2D eigenvalue weighted by Gasteiger charge is 2.20. The van der Waals surface area contributed by atoms with Crippen LogP contribution in [0.2, 0.25) is 0 Å². The molecule has 2 rings (SSSR count). The largest absolute Gasteiger partial charge is 0.479 e. The molecule has 1 amide bonds. The summed E-state index contributed by atoms with van der Waals surface area (Å²) < 4.78 is 5.66. The number of nitrogens with one attached hydrogen (secondary N) is 2. The van der Waals surface area contributed by atoms with E-state index in [1.165, 1.54) is 19.3 Å². The van der Waals surface area contributed by atoms with E-state index in [2.05, 4.69) is 15.6 Å². The first-order chi connectivity index (χ1) is 10.2. The van der Waals surface area contributed by atoms with Crippen LogP contribution in [0.15, 0.2) is 18.3 Å². The van der Waals surface area contributed by atoms with Gasteiger partial charge in [0.15, 0.2) is 6.10 Å². The Morgan fingerprint density at radius 2 is 2.14 bits per heavy atom. The van der Waals surface area contributed by atoms with Gasteiger partial charge in [-0.15, -0.1) is 0 Å². The van der Waals surface area contributed by atoms with Crippen LogP contribution in [-0.2, 0) is 11.3 Å². The van der Waals surface area contributed by atoms with Gasteiger partial charge < -0.3 is 15.4 Å². The molecule has 1 fully saturated rings. The molecule has 0 bridgehead atoms. The van der Waals surface area contributed by atoms with Gasteiger partial charge in [0.05, 0.1) is 11.9 Å². The summed E-state index contributed by atoms with van der Waals surface area (Å²) in [5, 5.41) is 6.12. The van der Waals surface area contributed by atoms with Crippen molar-refractivity contribution in [3.8, 4) is 5.75 Å². The monoisotopic (exact) mass is 291 g/mol. The average molecular weight is 291 g/mol. The van der Waals surface area contributed by atoms with E-state index in [9.17, 15) is 4.79 Å². The van der Waals surface area contributed by atoms with Crippen LogP contribution in [0.5, 0.6) is 5.75 Å². The van der Waals surface area contributed by atoms with E-state index in [4.69, 9.17) is 4.74 Å². The van der Waals surface area contributed by atoms with Crippen LogP contribution in [0.1, 0.15) is 44.7 Å². The number of ether oxygens (including phenoxy) is 1. The first-order valence-electron chi connectivity index (χ1n) is 7.75. The molecule has 116 valence electrons. The van der Waals surface area contributed by atoms with Gasteiger partial charge >= 0.3 is 0 Å². The van der Waals surface area contributed by atoms with Gasteiger partial charge in [0.2, 0.25) is 0 Å². The molecule has 5 heteroatoms. The average Bonchev–Trinajstić information content (AvgIpc) is 2.50. The maximum Gasteiger partial charge on any atom is 0.260 e. The predicted molar refractivity (Wildman–Crippen MR) is 82.1 cm³/mol. The Morgan fingerprint density at radius 3 is 2.76 bits per heavy atom. The van der Waals surface area contributed by atoms with Crippen LogP contribution in [-0.4, -0.2) is 30.1 Å². The summed E-state index contributed by atoms with van der Waals surface area (Å²) in [5.41, 5.74) is 0.948. The van der Waals surface area contributed by atoms with Crippen LogP contribution in [0.25, 0.3) is 0 Å². The third-order valence-electron chi connectivity index (χ3n) is 3.79. The van der Waals surface area contributed by atoms with E-state index < -0.39 is 6.10 Å². The second-order valence-electron chi connectivity index (χ2n) is 5.62. The van der Waals surface area contributed by atoms with Gasteiger partial charge in [-0.1, -0.05) is 19.3 Å². The standard InChI is InChI=1S/C16H25N3O2/c1-12(16(20)19-13-6-4-3-5-7-13)21-15-9-8-14(10-17-2)18-11-15/h8-9,11-13,17H,3-7,10H2,1-2H3,(H,19,20). The van der Waals surface area contributed by atoms with Crippen LogP contribution in [0.3, 0.4) is 0 Å². The second kappa shape index (κ2) is 7.98. The lowest BCUT2D eigenvalue weighted by molar-refractivity contribution is -0.128. The SMILES string of the molecule is CNCc1ccc(OC(C)C(=O)NC2CCCCC2)cn1. The number of pyridine rings is 1. The molecule has 5 nitrogen and oxygen atoms in total. The van der Waals surface area contributed by atoms with E-state index >= 15 is 0 Å². The molecular formula is C16H25N3O2. The maximum atomic E-state index is 12.1. The molecule has 1 unspecified atom stereocenters. The highest BCUT2D eigenvalue weighted by Crippen LogP contribution is 2.18. The molecule has 2 N–H and O–H groups in total. The number of nitrogens with zero attached hydrogens (tertiary/aromatic N) is 1. The van der Waals surface area contributed by atoms with Crippen molar-refractivity contribution in [2.75, 3.05) is 7.05 Å². The van der Waals surface area contributed by atoms with Crippen molar-refractivity contribution >= 4 is 5.91 Å². The minimum atomic E-state index is -0.496. The summed E-state index contributed by atoms with van der Waals surface area (Å²) in [6, 6.07) is 4.07. The van der Waals surface area contributed by atoms with Gasteiger partial charge in [-0.25, -0.2) is 0 Å². The Hall–Kier alpha value is -1.62. The highest BCUT2D eigenvalue weighted by atomic mass is 16.5. The molecule has 0 aliphatic heterocycles. The number of hydrogen-bond acceptors (Lipinski definition) is 4. The minimum absolute atomic E-state index is 0.0406. The topological polar surface area (TPSA) is 63.2 Å². The number of amides is 1. The maximum absolute atomic E-state index is 12.1. The third-order valence-corrected chi connectivity index (χ3v) is 3.79. The summed E-state index contributed by atoms with van der Waals surface area (Å²) in [6.07, 6.45) is 7.02. The number of rotatable bonds is 6. The third kappa shape index (κ3) is 5.01. The van der Waals surface area contributed by atoms with Crippen LogP contribution < -0.4 is 15.4 Å². The van der Waals surface area contributed by atoms with Crippen molar-refractivity contribution in [2.45, 2.75) is 57.7 Å². The van der Waals surface area contributed by atoms with E-state index in [0.29, 0.717) is 11.8 Å². The highest BCUT2D eigenvalue weighted by molar-refractivity contribution is 5.81. The van der Waals surface area contributed by atoms with Gasteiger partial charge in [0, 0.05) is 12.6 Å². The molecule has 21 heavy (non-hydrogen) atoms. The van der Waals surface area contributed by atoms with E-state index in [1.807, 2.05) is 19.2 Å². The fraction of sp³-hybridized carbons (Fsp3) is 0.625. The smallest absolute Gasteiger partial charge is 0.260 e. The van der Waals surface area contributed by atoms with Crippen LogP contribution >= 0.6 is 0 Å². The summed E-state index contributed by atoms with van der Waals surface area (Å²) in [4.78, 5) is 16.4. The van der Waals surface area contributed by atoms with Crippen molar-refractivity contribution < 1.29 is 9.53 Å². The number of carbonyl (C=O) groups excluding carboxylic acids is 1. The second-order valence-corrected chi connectivity index (χ2v) is 5.62. The molecule has 1 saturated carbocycles. The van der Waals surface area contributed by atoms with Crippen molar-refractivity contribution in [2.24, 2.45) is 0 Å². The van der Waals surface area contributed by atoms with Crippen molar-refractivity contribution in [3.05, 3.63) is 24.0 Å². The lowest BCUT2D eigenvalue weighted by Gasteiger charge is -2.24. The van der Waals surface area contributed by atoms with Crippen LogP contribution in [0.4, 0.5) is 0 Å². The van der Waals surface area contributed by atoms with Gasteiger partial charge in [0.1, 0.15) is 5.75 Å². The normalized spacial score (nSPS) is 17.2. The predicted octanol–water partition coefficient (Wildman–Crippen LogP) is 2.02. The zero-order valence-corrected chi connectivity index (χ0v) is 12.9. The fourth-order valence-electron chi connectivity index (χ4n) is 2.59. The molecule has 0 radical (unpaired) electrons. The van der Waals surface area contributed by atoms with Crippen molar-refractivity contribution in [1.29, 1.82) is 0 Å². The van der Waals surface area contributed by atoms with Gasteiger partial charge in [-0.05, 0) is 38.9 Å². The molecule has 0 saturated heterocycles. The first-order valence-corrected chi connectivity index (χ1v) is 7.75. The molecule has 1 aliphatic carbocycles. The lowest BCUT2D eigenvalue weighted by Crippen LogP contribution is -2.43. The molecular weight excluding hydrogens is 266 g/mol. The Labute approximate surface area is 126 Å². The van der Waals surface area contributed by atoms with Crippen LogP contribution in [0, 0.1) is 0 Å². The summed E-state index contributed by atoms with van der Waals surface area (Å²) in [7, 11) is 1.88. The first kappa shape index (κ1) is 15.8. The Balaban J connectivity index is 1.81. The van der Waals surface area contributed by atoms with Crippen molar-refractivity contribution in [3.63, 3.8) is 0 Å². The van der Waals surface area contributed by atoms with E-state index in [1.54, 1.807) is 13.1 Å². The van der Waals surface area contributed by atoms with Gasteiger partial charge in [0.25, 0.3) is 5.91 Å². The Bertz CT molecular complexity index is 441. The molecule has 0 spiro atoms. The zero-order valence-electron chi connectivity index (χ0n) is 12.9. The lowest BCUT2D eigenvalue weighted by atomic mass is 9.95. The molecule has 0 aromatic carbocycles. The molecule has 1 aromatic heterocycles.